The van der Waals surface area contributed by atoms with E-state index < -0.39 is 4.92 Å². The number of fused-ring (bicyclic) bond motifs is 1. The zero-order valence-electron chi connectivity index (χ0n) is 14.1. The van der Waals surface area contributed by atoms with E-state index in [1.54, 1.807) is 12.1 Å². The second-order valence-corrected chi connectivity index (χ2v) is 6.90. The fourth-order valence-electron chi connectivity index (χ4n) is 4.15. The molecular weight excluding hydrogens is 316 g/mol. The van der Waals surface area contributed by atoms with Crippen molar-refractivity contribution in [3.8, 4) is 11.5 Å². The lowest BCUT2D eigenvalue weighted by molar-refractivity contribution is -0.384. The molecule has 2 aliphatic heterocycles. The van der Waals surface area contributed by atoms with Gasteiger partial charge in [-0.2, -0.15) is 0 Å². The minimum atomic E-state index is -0.409. The lowest BCUT2D eigenvalue weighted by Gasteiger charge is -2.34. The standard InChI is InChI=1S/C20H22N2O3/c23-22(24)17-6-11-19(12-7-17)25-18-9-4-15(5-10-18)20-13-8-16-3-1-2-14-21(16)20/h4-7,9-12,16,20H,1-3,8,13-14H2. The monoisotopic (exact) mass is 338 g/mol. The van der Waals surface area contributed by atoms with Crippen LogP contribution in [0.4, 0.5) is 5.69 Å². The second kappa shape index (κ2) is 6.84. The summed E-state index contributed by atoms with van der Waals surface area (Å²) in [4.78, 5) is 13.0. The molecule has 0 saturated carbocycles. The average Bonchev–Trinajstić information content (AvgIpc) is 3.07. The first kappa shape index (κ1) is 16.1. The van der Waals surface area contributed by atoms with Crippen LogP contribution >= 0.6 is 0 Å². The van der Waals surface area contributed by atoms with Gasteiger partial charge in [-0.3, -0.25) is 15.0 Å². The number of piperidine rings is 1. The summed E-state index contributed by atoms with van der Waals surface area (Å²) in [6.45, 7) is 1.22. The van der Waals surface area contributed by atoms with Gasteiger partial charge in [0.2, 0.25) is 0 Å². The third-order valence-corrected chi connectivity index (χ3v) is 5.39. The fraction of sp³-hybridized carbons (Fsp3) is 0.400. The summed E-state index contributed by atoms with van der Waals surface area (Å²) in [5.74, 6) is 1.36. The molecule has 2 unspecified atom stereocenters. The van der Waals surface area contributed by atoms with Gasteiger partial charge in [0, 0.05) is 24.2 Å². The maximum absolute atomic E-state index is 10.7. The Hall–Kier alpha value is -2.40. The van der Waals surface area contributed by atoms with Crippen molar-refractivity contribution in [3.63, 3.8) is 0 Å². The van der Waals surface area contributed by atoms with Gasteiger partial charge in [0.15, 0.2) is 0 Å². The summed E-state index contributed by atoms with van der Waals surface area (Å²) in [7, 11) is 0. The molecule has 2 aromatic carbocycles. The smallest absolute Gasteiger partial charge is 0.269 e. The van der Waals surface area contributed by atoms with Crippen LogP contribution in [0.25, 0.3) is 0 Å². The third kappa shape index (κ3) is 3.37. The molecule has 0 spiro atoms. The molecule has 2 fully saturated rings. The van der Waals surface area contributed by atoms with Gasteiger partial charge in [0.1, 0.15) is 11.5 Å². The van der Waals surface area contributed by atoms with E-state index in [0.717, 1.165) is 11.8 Å². The normalized spacial score (nSPS) is 23.2. The van der Waals surface area contributed by atoms with E-state index in [9.17, 15) is 10.1 Å². The zero-order chi connectivity index (χ0) is 17.2. The molecule has 0 bridgehead atoms. The molecule has 0 aromatic heterocycles. The van der Waals surface area contributed by atoms with Crippen LogP contribution in [0.2, 0.25) is 0 Å². The van der Waals surface area contributed by atoms with Crippen LogP contribution in [0.5, 0.6) is 11.5 Å². The second-order valence-electron chi connectivity index (χ2n) is 6.90. The molecule has 0 aliphatic carbocycles. The molecule has 2 saturated heterocycles. The summed E-state index contributed by atoms with van der Waals surface area (Å²) < 4.78 is 5.80. The summed E-state index contributed by atoms with van der Waals surface area (Å²) in [5, 5.41) is 10.7. The number of non-ortho nitro benzene ring substituents is 1. The van der Waals surface area contributed by atoms with E-state index >= 15 is 0 Å². The first-order valence-electron chi connectivity index (χ1n) is 8.99. The summed E-state index contributed by atoms with van der Waals surface area (Å²) in [6, 6.07) is 15.8. The molecule has 25 heavy (non-hydrogen) atoms. The van der Waals surface area contributed by atoms with Crippen LogP contribution in [0, 0.1) is 10.1 Å². The minimum Gasteiger partial charge on any atom is -0.457 e. The molecule has 5 nitrogen and oxygen atoms in total. The molecule has 2 heterocycles. The molecule has 2 atom stereocenters. The topological polar surface area (TPSA) is 55.6 Å². The molecule has 2 aromatic rings. The molecule has 4 rings (SSSR count). The van der Waals surface area contributed by atoms with E-state index in [2.05, 4.69) is 17.0 Å². The van der Waals surface area contributed by atoms with Crippen LogP contribution in [0.15, 0.2) is 48.5 Å². The van der Waals surface area contributed by atoms with Crippen LogP contribution in [0.1, 0.15) is 43.7 Å². The van der Waals surface area contributed by atoms with Crippen molar-refractivity contribution in [1.29, 1.82) is 0 Å². The first-order valence-corrected chi connectivity index (χ1v) is 8.99. The minimum absolute atomic E-state index is 0.0695. The van der Waals surface area contributed by atoms with E-state index in [0.29, 0.717) is 11.8 Å². The number of rotatable bonds is 4. The summed E-state index contributed by atoms with van der Waals surface area (Å²) in [6.07, 6.45) is 6.58. The highest BCUT2D eigenvalue weighted by Crippen LogP contribution is 2.40. The fourth-order valence-corrected chi connectivity index (χ4v) is 4.15. The molecule has 130 valence electrons. The van der Waals surface area contributed by atoms with Gasteiger partial charge in [0.05, 0.1) is 4.92 Å². The quantitative estimate of drug-likeness (QED) is 0.576. The van der Waals surface area contributed by atoms with Crippen molar-refractivity contribution in [1.82, 2.24) is 4.90 Å². The van der Waals surface area contributed by atoms with E-state index in [1.165, 1.54) is 56.3 Å². The van der Waals surface area contributed by atoms with Crippen LogP contribution in [-0.2, 0) is 0 Å². The van der Waals surface area contributed by atoms with Crippen molar-refractivity contribution in [3.05, 3.63) is 64.2 Å². The molecule has 5 heteroatoms. The Morgan fingerprint density at radius 3 is 2.28 bits per heavy atom. The molecular formula is C20H22N2O3. The van der Waals surface area contributed by atoms with Crippen LogP contribution in [0.3, 0.4) is 0 Å². The third-order valence-electron chi connectivity index (χ3n) is 5.39. The molecule has 0 radical (unpaired) electrons. The SMILES string of the molecule is O=[N+]([O-])c1ccc(Oc2ccc(C3CCC4CCCCN43)cc2)cc1. The average molecular weight is 338 g/mol. The number of nitro benzene ring substituents is 1. The van der Waals surface area contributed by atoms with E-state index in [1.807, 2.05) is 12.1 Å². The van der Waals surface area contributed by atoms with Crippen LogP contribution in [-0.4, -0.2) is 22.4 Å². The Bertz CT molecular complexity index is 743. The number of hydrogen-bond acceptors (Lipinski definition) is 4. The highest BCUT2D eigenvalue weighted by Gasteiger charge is 2.35. The lowest BCUT2D eigenvalue weighted by atomic mass is 10.0. The molecule has 2 aliphatic rings. The predicted octanol–water partition coefficient (Wildman–Crippen LogP) is 5.08. The summed E-state index contributed by atoms with van der Waals surface area (Å²) in [5.41, 5.74) is 1.43. The Kier molecular flexibility index (Phi) is 4.40. The van der Waals surface area contributed by atoms with Gasteiger partial charge in [-0.05, 0) is 62.1 Å². The van der Waals surface area contributed by atoms with Crippen LogP contribution < -0.4 is 4.74 Å². The van der Waals surface area contributed by atoms with Gasteiger partial charge < -0.3 is 4.74 Å². The van der Waals surface area contributed by atoms with Crippen molar-refractivity contribution >= 4 is 5.69 Å². The van der Waals surface area contributed by atoms with Gasteiger partial charge in [-0.15, -0.1) is 0 Å². The Labute approximate surface area is 147 Å². The molecule has 0 amide bonds. The number of benzene rings is 2. The number of hydrogen-bond donors (Lipinski definition) is 0. The number of nitrogens with zero attached hydrogens (tertiary/aromatic N) is 2. The highest BCUT2D eigenvalue weighted by molar-refractivity contribution is 5.39. The van der Waals surface area contributed by atoms with Gasteiger partial charge in [-0.25, -0.2) is 0 Å². The maximum Gasteiger partial charge on any atom is 0.269 e. The molecule has 0 N–H and O–H groups in total. The predicted molar refractivity (Wildman–Crippen MR) is 95.9 cm³/mol. The number of nitro groups is 1. The Morgan fingerprint density at radius 1 is 0.920 bits per heavy atom. The van der Waals surface area contributed by atoms with Crippen molar-refractivity contribution in [2.45, 2.75) is 44.2 Å². The van der Waals surface area contributed by atoms with Crippen molar-refractivity contribution in [2.24, 2.45) is 0 Å². The zero-order valence-corrected chi connectivity index (χ0v) is 14.1. The highest BCUT2D eigenvalue weighted by atomic mass is 16.6. The Morgan fingerprint density at radius 2 is 1.60 bits per heavy atom. The van der Waals surface area contributed by atoms with Crippen molar-refractivity contribution in [2.75, 3.05) is 6.54 Å². The van der Waals surface area contributed by atoms with E-state index in [4.69, 9.17) is 4.74 Å². The van der Waals surface area contributed by atoms with E-state index in [-0.39, 0.29) is 5.69 Å². The first-order chi connectivity index (χ1) is 12.2. The Balaban J connectivity index is 1.44. The van der Waals surface area contributed by atoms with Gasteiger partial charge >= 0.3 is 0 Å². The maximum atomic E-state index is 10.7. The van der Waals surface area contributed by atoms with Gasteiger partial charge in [-0.1, -0.05) is 18.6 Å². The lowest BCUT2D eigenvalue weighted by Crippen LogP contribution is -2.35. The summed E-state index contributed by atoms with van der Waals surface area (Å²) >= 11 is 0. The largest absolute Gasteiger partial charge is 0.457 e. The van der Waals surface area contributed by atoms with Crippen molar-refractivity contribution < 1.29 is 9.66 Å². The van der Waals surface area contributed by atoms with Gasteiger partial charge in [0.25, 0.3) is 5.69 Å². The number of ether oxygens (including phenoxy) is 1.